The SMILES string of the molecule is CCN(CC)CCCC(C)NC(=O)c1ccc(OC)c(Oc2nc(Cc3ccc(C)cc3)ns2)c1. The molecule has 35 heavy (non-hydrogen) atoms. The molecule has 0 spiro atoms. The number of ether oxygens (including phenoxy) is 2. The smallest absolute Gasteiger partial charge is 0.298 e. The number of nitrogens with one attached hydrogen (secondary N) is 1. The first-order valence-electron chi connectivity index (χ1n) is 12.2. The molecule has 0 fully saturated rings. The van der Waals surface area contributed by atoms with Crippen molar-refractivity contribution in [2.24, 2.45) is 0 Å². The number of aryl methyl sites for hydroxylation is 1. The van der Waals surface area contributed by atoms with Crippen LogP contribution < -0.4 is 14.8 Å². The van der Waals surface area contributed by atoms with Crippen molar-refractivity contribution >= 4 is 17.4 Å². The average Bonchev–Trinajstić information content (AvgIpc) is 3.29. The fourth-order valence-corrected chi connectivity index (χ4v) is 4.33. The summed E-state index contributed by atoms with van der Waals surface area (Å²) < 4.78 is 15.8. The maximum Gasteiger partial charge on any atom is 0.298 e. The quantitative estimate of drug-likeness (QED) is 0.338. The lowest BCUT2D eigenvalue weighted by Crippen LogP contribution is -2.33. The summed E-state index contributed by atoms with van der Waals surface area (Å²) in [5.74, 6) is 1.53. The normalized spacial score (nSPS) is 11.9. The highest BCUT2D eigenvalue weighted by Gasteiger charge is 2.16. The Kier molecular flexibility index (Phi) is 10.0. The Morgan fingerprint density at radius 3 is 2.54 bits per heavy atom. The van der Waals surface area contributed by atoms with Crippen LogP contribution in [0.3, 0.4) is 0 Å². The first kappa shape index (κ1) is 26.6. The van der Waals surface area contributed by atoms with Gasteiger partial charge in [-0.3, -0.25) is 4.79 Å². The summed E-state index contributed by atoms with van der Waals surface area (Å²) in [6, 6.07) is 13.6. The molecule has 0 saturated heterocycles. The molecule has 0 bridgehead atoms. The highest BCUT2D eigenvalue weighted by Crippen LogP contribution is 2.33. The summed E-state index contributed by atoms with van der Waals surface area (Å²) in [5.41, 5.74) is 2.87. The van der Waals surface area contributed by atoms with E-state index in [9.17, 15) is 4.79 Å². The van der Waals surface area contributed by atoms with Gasteiger partial charge < -0.3 is 19.7 Å². The minimum absolute atomic E-state index is 0.0806. The lowest BCUT2D eigenvalue weighted by atomic mass is 10.1. The highest BCUT2D eigenvalue weighted by molar-refractivity contribution is 7.07. The molecule has 1 aromatic heterocycles. The topological polar surface area (TPSA) is 76.6 Å². The number of aromatic nitrogens is 2. The Balaban J connectivity index is 1.61. The number of hydrogen-bond acceptors (Lipinski definition) is 7. The zero-order valence-electron chi connectivity index (χ0n) is 21.3. The van der Waals surface area contributed by atoms with Gasteiger partial charge in [0.15, 0.2) is 17.3 Å². The van der Waals surface area contributed by atoms with E-state index in [1.165, 1.54) is 17.1 Å². The fourth-order valence-electron chi connectivity index (χ4n) is 3.77. The van der Waals surface area contributed by atoms with Crippen LogP contribution in [0.2, 0.25) is 0 Å². The number of methoxy groups -OCH3 is 1. The summed E-state index contributed by atoms with van der Waals surface area (Å²) in [5, 5.41) is 3.50. The molecule has 0 aliphatic rings. The second-order valence-corrected chi connectivity index (χ2v) is 9.36. The third-order valence-corrected chi connectivity index (χ3v) is 6.57. The van der Waals surface area contributed by atoms with E-state index in [1.807, 2.05) is 6.92 Å². The molecule has 7 nitrogen and oxygen atoms in total. The molecular weight excluding hydrogens is 460 g/mol. The van der Waals surface area contributed by atoms with Gasteiger partial charge in [0.2, 0.25) is 0 Å². The molecule has 188 valence electrons. The van der Waals surface area contributed by atoms with Crippen molar-refractivity contribution in [3.8, 4) is 16.7 Å². The monoisotopic (exact) mass is 496 g/mol. The van der Waals surface area contributed by atoms with Crippen molar-refractivity contribution in [2.75, 3.05) is 26.7 Å². The van der Waals surface area contributed by atoms with Crippen molar-refractivity contribution in [1.29, 1.82) is 0 Å². The number of nitrogens with zero attached hydrogens (tertiary/aromatic N) is 3. The summed E-state index contributed by atoms with van der Waals surface area (Å²) in [4.78, 5) is 19.8. The molecule has 0 saturated carbocycles. The van der Waals surface area contributed by atoms with E-state index in [-0.39, 0.29) is 11.9 Å². The maximum atomic E-state index is 12.9. The van der Waals surface area contributed by atoms with E-state index in [4.69, 9.17) is 9.47 Å². The molecule has 1 amide bonds. The lowest BCUT2D eigenvalue weighted by molar-refractivity contribution is 0.0937. The van der Waals surface area contributed by atoms with E-state index >= 15 is 0 Å². The Hall–Kier alpha value is -2.97. The maximum absolute atomic E-state index is 12.9. The number of benzene rings is 2. The van der Waals surface area contributed by atoms with E-state index < -0.39 is 0 Å². The number of hydrogen-bond donors (Lipinski definition) is 1. The van der Waals surface area contributed by atoms with Gasteiger partial charge in [0.05, 0.1) is 7.11 Å². The predicted molar refractivity (Wildman–Crippen MR) is 141 cm³/mol. The van der Waals surface area contributed by atoms with Crippen LogP contribution in [0.5, 0.6) is 16.7 Å². The van der Waals surface area contributed by atoms with Gasteiger partial charge in [0.1, 0.15) is 0 Å². The van der Waals surface area contributed by atoms with Gasteiger partial charge in [-0.15, -0.1) is 0 Å². The Labute approximate surface area is 212 Å². The van der Waals surface area contributed by atoms with Crippen LogP contribution in [-0.4, -0.2) is 53.0 Å². The van der Waals surface area contributed by atoms with Crippen molar-refractivity contribution in [3.05, 3.63) is 65.0 Å². The number of carbonyl (C=O) groups is 1. The second-order valence-electron chi connectivity index (χ2n) is 8.65. The van der Waals surface area contributed by atoms with E-state index in [0.29, 0.717) is 34.5 Å². The molecule has 0 aliphatic carbocycles. The van der Waals surface area contributed by atoms with Crippen molar-refractivity contribution in [1.82, 2.24) is 19.6 Å². The van der Waals surface area contributed by atoms with Crippen LogP contribution >= 0.6 is 11.5 Å². The van der Waals surface area contributed by atoms with E-state index in [0.717, 1.165) is 38.0 Å². The van der Waals surface area contributed by atoms with Gasteiger partial charge in [0, 0.05) is 29.6 Å². The summed E-state index contributed by atoms with van der Waals surface area (Å²) in [6.45, 7) is 11.6. The van der Waals surface area contributed by atoms with Crippen molar-refractivity contribution in [2.45, 2.75) is 53.0 Å². The summed E-state index contributed by atoms with van der Waals surface area (Å²) in [6.07, 6.45) is 2.60. The van der Waals surface area contributed by atoms with Gasteiger partial charge in [-0.1, -0.05) is 43.7 Å². The van der Waals surface area contributed by atoms with Crippen LogP contribution in [0.1, 0.15) is 60.9 Å². The van der Waals surface area contributed by atoms with Crippen LogP contribution in [0, 0.1) is 6.92 Å². The van der Waals surface area contributed by atoms with Crippen LogP contribution in [0.25, 0.3) is 0 Å². The van der Waals surface area contributed by atoms with Gasteiger partial charge >= 0.3 is 0 Å². The summed E-state index contributed by atoms with van der Waals surface area (Å²) in [7, 11) is 1.57. The van der Waals surface area contributed by atoms with Crippen molar-refractivity contribution in [3.63, 3.8) is 0 Å². The molecule has 1 N–H and O–H groups in total. The van der Waals surface area contributed by atoms with Crippen LogP contribution in [0.4, 0.5) is 0 Å². The first-order chi connectivity index (χ1) is 16.9. The molecule has 3 rings (SSSR count). The van der Waals surface area contributed by atoms with Crippen LogP contribution in [-0.2, 0) is 6.42 Å². The van der Waals surface area contributed by atoms with Gasteiger partial charge in [-0.2, -0.15) is 9.36 Å². The molecule has 2 aromatic carbocycles. The summed E-state index contributed by atoms with van der Waals surface area (Å²) >= 11 is 1.18. The molecule has 0 radical (unpaired) electrons. The van der Waals surface area contributed by atoms with Gasteiger partial charge in [-0.25, -0.2) is 0 Å². The molecule has 0 aliphatic heterocycles. The third kappa shape index (κ3) is 8.04. The minimum Gasteiger partial charge on any atom is -0.493 e. The minimum atomic E-state index is -0.134. The average molecular weight is 497 g/mol. The molecule has 1 heterocycles. The predicted octanol–water partition coefficient (Wildman–Crippen LogP) is 5.48. The third-order valence-electron chi connectivity index (χ3n) is 5.94. The van der Waals surface area contributed by atoms with E-state index in [1.54, 1.807) is 25.3 Å². The second kappa shape index (κ2) is 13.2. The van der Waals surface area contributed by atoms with Crippen molar-refractivity contribution < 1.29 is 14.3 Å². The highest BCUT2D eigenvalue weighted by atomic mass is 32.1. The van der Waals surface area contributed by atoms with E-state index in [2.05, 4.69) is 64.6 Å². The zero-order valence-corrected chi connectivity index (χ0v) is 22.2. The first-order valence-corrected chi connectivity index (χ1v) is 13.0. The van der Waals surface area contributed by atoms with Gasteiger partial charge in [0.25, 0.3) is 11.1 Å². The molecule has 1 unspecified atom stereocenters. The molecular formula is C27H36N4O3S. The largest absolute Gasteiger partial charge is 0.493 e. The molecule has 1 atom stereocenters. The Morgan fingerprint density at radius 1 is 1.11 bits per heavy atom. The molecule has 3 aromatic rings. The Morgan fingerprint density at radius 2 is 1.86 bits per heavy atom. The number of rotatable bonds is 13. The lowest BCUT2D eigenvalue weighted by Gasteiger charge is -2.20. The van der Waals surface area contributed by atoms with Crippen LogP contribution in [0.15, 0.2) is 42.5 Å². The fraction of sp³-hybridized carbons (Fsp3) is 0.444. The number of carbonyl (C=O) groups excluding carboxylic acids is 1. The standard InChI is InChI=1S/C27H36N4O3S/c1-6-31(7-2)16-8-9-20(4)28-26(32)22-14-15-23(33-5)24(18-22)34-27-29-25(30-35-27)17-21-12-10-19(3)11-13-21/h10-15,18,20H,6-9,16-17H2,1-5H3,(H,28,32). The number of amides is 1. The Bertz CT molecular complexity index is 1080. The van der Waals surface area contributed by atoms with Gasteiger partial charge in [-0.05, 0) is 70.1 Å². The zero-order chi connectivity index (χ0) is 25.2. The molecule has 8 heteroatoms.